The van der Waals surface area contributed by atoms with Crippen LogP contribution >= 0.6 is 58.3 Å². The summed E-state index contributed by atoms with van der Waals surface area (Å²) in [4.78, 5) is 43.6. The predicted octanol–water partition coefficient (Wildman–Crippen LogP) is 7.39. The highest BCUT2D eigenvalue weighted by molar-refractivity contribution is 8.16. The van der Waals surface area contributed by atoms with Gasteiger partial charge in [0.15, 0.2) is 0 Å². The summed E-state index contributed by atoms with van der Waals surface area (Å²) in [5.41, 5.74) is 4.93. The van der Waals surface area contributed by atoms with Crippen LogP contribution in [0.2, 0.25) is 10.3 Å². The number of halogens is 3. The average Bonchev–Trinajstić information content (AvgIpc) is 3.75. The van der Waals surface area contributed by atoms with Gasteiger partial charge in [-0.05, 0) is 84.5 Å². The molecule has 53 heavy (non-hydrogen) atoms. The molecule has 0 amide bonds. The number of hydrogen-bond acceptors (Lipinski definition) is 14. The Kier molecular flexibility index (Phi) is 18.1. The van der Waals surface area contributed by atoms with Crippen LogP contribution in [-0.4, -0.2) is 132 Å². The van der Waals surface area contributed by atoms with Crippen LogP contribution in [0.15, 0.2) is 59.4 Å². The van der Waals surface area contributed by atoms with Crippen LogP contribution in [0.1, 0.15) is 51.7 Å². The summed E-state index contributed by atoms with van der Waals surface area (Å²) in [6.45, 7) is 17.7. The number of pyridine rings is 2. The first kappa shape index (κ1) is 43.3. The van der Waals surface area contributed by atoms with Gasteiger partial charge >= 0.3 is 5.30 Å². The van der Waals surface area contributed by atoms with Crippen molar-refractivity contribution in [3.8, 4) is 0 Å². The molecule has 2 saturated heterocycles. The van der Waals surface area contributed by atoms with E-state index in [0.29, 0.717) is 17.0 Å². The number of thioether (sulfide) groups is 2. The van der Waals surface area contributed by atoms with Gasteiger partial charge < -0.3 is 29.4 Å². The number of carbonyl (C=O) groups is 2. The van der Waals surface area contributed by atoms with Gasteiger partial charge in [0, 0.05) is 76.3 Å². The maximum Gasteiger partial charge on any atom is 0.368 e. The Balaban J connectivity index is 0.000000205. The lowest BCUT2D eigenvalue weighted by Crippen LogP contribution is -2.44. The molecule has 0 unspecified atom stereocenters. The van der Waals surface area contributed by atoms with Crippen molar-refractivity contribution >= 4 is 68.2 Å². The number of rotatable bonds is 11. The molecule has 292 valence electrons. The standard InChI is InChI=1S/C18H25ClN4O2S.C14H19ClN4O.C4H7ClOS/c1-3-8-26-18(24)25-13-21-10-14(2)17-22(6-7-23(17)12-21)11-15-4-5-16(19)20-9-15;1-11-7-17(10-20)9-19-5-4-18(14(11)19)8-12-2-3-13(15)16-6-12;1-2-3-7-4(5)6/h4-5,9H,3,6-8,10-13H2,1-2H3;2-3,6,20H,4-5,7-10H2,1H3;2-3H2,1H3. The molecular formula is C36H51Cl3N8O4S2. The third-order valence-corrected chi connectivity index (χ3v) is 11.2. The van der Waals surface area contributed by atoms with E-state index in [2.05, 4.69) is 55.2 Å². The Hall–Kier alpha value is -2.43. The van der Waals surface area contributed by atoms with Crippen LogP contribution in [0.25, 0.3) is 0 Å². The SMILES string of the molecule is CC1=C2N(Cc3ccc(Cl)nc3)CCN2CN(CO)C1.CCCSC(=O)Cl.CCCSC(=O)OCN1CC(C)=C2N(Cc3ccc(Cl)nc3)CCN2C1. The Morgan fingerprint density at radius 2 is 1.26 bits per heavy atom. The second-order valence-corrected chi connectivity index (χ2v) is 16.5. The van der Waals surface area contributed by atoms with Gasteiger partial charge in [-0.25, -0.2) is 19.7 Å². The molecule has 17 heteroatoms. The van der Waals surface area contributed by atoms with E-state index in [9.17, 15) is 14.7 Å². The van der Waals surface area contributed by atoms with Crippen molar-refractivity contribution in [2.45, 2.75) is 53.6 Å². The predicted molar refractivity (Wildman–Crippen MR) is 216 cm³/mol. The molecular weight excluding hydrogens is 779 g/mol. The molecule has 6 heterocycles. The smallest absolute Gasteiger partial charge is 0.368 e. The van der Waals surface area contributed by atoms with Crippen molar-refractivity contribution in [2.75, 3.05) is 77.6 Å². The normalized spacial score (nSPS) is 17.3. The number of fused-ring (bicyclic) bond motifs is 2. The van der Waals surface area contributed by atoms with Crippen LogP contribution in [0.4, 0.5) is 9.59 Å². The minimum atomic E-state index is -0.304. The second-order valence-electron chi connectivity index (χ2n) is 13.1. The lowest BCUT2D eigenvalue weighted by Gasteiger charge is -2.37. The maximum atomic E-state index is 11.7. The highest BCUT2D eigenvalue weighted by atomic mass is 35.5. The number of ether oxygens (including phenoxy) is 1. The Bertz CT molecular complexity index is 1550. The Morgan fingerprint density at radius 3 is 1.70 bits per heavy atom. The summed E-state index contributed by atoms with van der Waals surface area (Å²) in [5.74, 6) is 4.25. The van der Waals surface area contributed by atoms with E-state index in [0.717, 1.165) is 107 Å². The third-order valence-electron chi connectivity index (χ3n) is 8.64. The second kappa shape index (κ2) is 22.2. The van der Waals surface area contributed by atoms with Crippen molar-refractivity contribution in [3.63, 3.8) is 0 Å². The third kappa shape index (κ3) is 13.7. The summed E-state index contributed by atoms with van der Waals surface area (Å²) < 4.78 is 5.08. The van der Waals surface area contributed by atoms with Crippen LogP contribution in [0.3, 0.4) is 0 Å². The molecule has 2 aromatic rings. The van der Waals surface area contributed by atoms with Gasteiger partial charge in [0.25, 0.3) is 4.57 Å². The fourth-order valence-electron chi connectivity index (χ4n) is 6.54. The van der Waals surface area contributed by atoms with E-state index >= 15 is 0 Å². The van der Waals surface area contributed by atoms with E-state index in [-0.39, 0.29) is 16.6 Å². The zero-order valence-electron chi connectivity index (χ0n) is 31.0. The Morgan fingerprint density at radius 1 is 0.774 bits per heavy atom. The van der Waals surface area contributed by atoms with Gasteiger partial charge in [0.05, 0.1) is 20.1 Å². The summed E-state index contributed by atoms with van der Waals surface area (Å²) in [6.07, 6.45) is 5.65. The van der Waals surface area contributed by atoms with Crippen molar-refractivity contribution < 1.29 is 19.4 Å². The first-order chi connectivity index (χ1) is 25.5. The first-order valence-corrected chi connectivity index (χ1v) is 20.9. The number of aliphatic hydroxyl groups excluding tert-OH is 1. The van der Waals surface area contributed by atoms with Crippen molar-refractivity contribution in [2.24, 2.45) is 0 Å². The molecule has 0 bridgehead atoms. The van der Waals surface area contributed by atoms with Crippen LogP contribution in [0.5, 0.6) is 0 Å². The van der Waals surface area contributed by atoms with E-state index in [1.54, 1.807) is 0 Å². The molecule has 1 N–H and O–H groups in total. The quantitative estimate of drug-likeness (QED) is 0.138. The minimum absolute atomic E-state index is 0.113. The fraction of sp³-hybridized carbons (Fsp3) is 0.556. The molecule has 4 aliphatic heterocycles. The van der Waals surface area contributed by atoms with E-state index in [1.165, 1.54) is 40.1 Å². The number of aromatic nitrogens is 2. The van der Waals surface area contributed by atoms with Crippen LogP contribution < -0.4 is 0 Å². The summed E-state index contributed by atoms with van der Waals surface area (Å²) >= 11 is 19.1. The molecule has 12 nitrogen and oxygen atoms in total. The van der Waals surface area contributed by atoms with E-state index < -0.39 is 0 Å². The summed E-state index contributed by atoms with van der Waals surface area (Å²) in [5, 5.41) is 10.2. The van der Waals surface area contributed by atoms with Gasteiger partial charge in [0.1, 0.15) is 28.7 Å². The van der Waals surface area contributed by atoms with Crippen molar-refractivity contribution in [1.29, 1.82) is 0 Å². The lowest BCUT2D eigenvalue weighted by molar-refractivity contribution is 0.0496. The van der Waals surface area contributed by atoms with Gasteiger partial charge in [-0.3, -0.25) is 9.69 Å². The molecule has 0 radical (unpaired) electrons. The molecule has 6 rings (SSSR count). The first-order valence-electron chi connectivity index (χ1n) is 17.8. The molecule has 0 aromatic carbocycles. The van der Waals surface area contributed by atoms with Gasteiger partial charge in [-0.15, -0.1) is 0 Å². The monoisotopic (exact) mass is 828 g/mol. The number of carbonyl (C=O) groups excluding carboxylic acids is 2. The molecule has 0 atom stereocenters. The molecule has 2 aromatic heterocycles. The molecule has 0 saturated carbocycles. The van der Waals surface area contributed by atoms with E-state index in [4.69, 9.17) is 39.5 Å². The van der Waals surface area contributed by atoms with Crippen molar-refractivity contribution in [3.05, 3.63) is 80.9 Å². The zero-order valence-corrected chi connectivity index (χ0v) is 34.9. The number of nitrogens with zero attached hydrogens (tertiary/aromatic N) is 8. The summed E-state index contributed by atoms with van der Waals surface area (Å²) in [6, 6.07) is 7.72. The van der Waals surface area contributed by atoms with Gasteiger partial charge in [0.2, 0.25) is 0 Å². The summed E-state index contributed by atoms with van der Waals surface area (Å²) in [7, 11) is 0. The fourth-order valence-corrected chi connectivity index (χ4v) is 7.87. The van der Waals surface area contributed by atoms with Crippen LogP contribution in [-0.2, 0) is 17.8 Å². The number of aliphatic hydroxyl groups is 1. The van der Waals surface area contributed by atoms with Gasteiger partial charge in [-0.1, -0.05) is 60.9 Å². The van der Waals surface area contributed by atoms with Crippen LogP contribution in [0, 0.1) is 0 Å². The van der Waals surface area contributed by atoms with E-state index in [1.807, 2.05) is 48.5 Å². The minimum Gasteiger partial charge on any atom is -0.441 e. The van der Waals surface area contributed by atoms with Crippen molar-refractivity contribution in [1.82, 2.24) is 39.4 Å². The zero-order chi connectivity index (χ0) is 38.3. The molecule has 4 aliphatic rings. The Labute approximate surface area is 337 Å². The molecule has 2 fully saturated rings. The maximum absolute atomic E-state index is 11.7. The highest BCUT2D eigenvalue weighted by Crippen LogP contribution is 2.30. The topological polar surface area (TPSA) is 109 Å². The molecule has 0 spiro atoms. The molecule has 0 aliphatic carbocycles. The average molecular weight is 830 g/mol. The van der Waals surface area contributed by atoms with Gasteiger partial charge in [-0.2, -0.15) is 0 Å². The highest BCUT2D eigenvalue weighted by Gasteiger charge is 2.33. The largest absolute Gasteiger partial charge is 0.441 e. The number of hydrogen-bond donors (Lipinski definition) is 1. The lowest BCUT2D eigenvalue weighted by atomic mass is 10.2.